The van der Waals surface area contributed by atoms with Gasteiger partial charge in [0.25, 0.3) is 0 Å². The SMILES string of the molecule is CN1CCN(c2nc(Cl)nc(NC3CC3)n2)CC1. The third kappa shape index (κ3) is 2.81. The molecule has 0 bridgehead atoms. The monoisotopic (exact) mass is 268 g/mol. The smallest absolute Gasteiger partial charge is 0.231 e. The maximum atomic E-state index is 5.96. The zero-order chi connectivity index (χ0) is 12.5. The molecule has 98 valence electrons. The lowest BCUT2D eigenvalue weighted by Gasteiger charge is -2.32. The molecule has 1 N–H and O–H groups in total. The summed E-state index contributed by atoms with van der Waals surface area (Å²) in [5.74, 6) is 1.29. The highest BCUT2D eigenvalue weighted by molar-refractivity contribution is 6.28. The third-order valence-corrected chi connectivity index (χ3v) is 3.46. The van der Waals surface area contributed by atoms with Crippen LogP contribution in [0.2, 0.25) is 5.28 Å². The third-order valence-electron chi connectivity index (χ3n) is 3.29. The molecule has 18 heavy (non-hydrogen) atoms. The van der Waals surface area contributed by atoms with Crippen LogP contribution in [0.5, 0.6) is 0 Å². The van der Waals surface area contributed by atoms with Gasteiger partial charge >= 0.3 is 0 Å². The van der Waals surface area contributed by atoms with Crippen molar-refractivity contribution < 1.29 is 0 Å². The Morgan fingerprint density at radius 1 is 1.11 bits per heavy atom. The number of piperazine rings is 1. The Labute approximate surface area is 111 Å². The summed E-state index contributed by atoms with van der Waals surface area (Å²) in [7, 11) is 2.12. The number of aromatic nitrogens is 3. The van der Waals surface area contributed by atoms with Crippen molar-refractivity contribution in [1.29, 1.82) is 0 Å². The van der Waals surface area contributed by atoms with E-state index in [1.165, 1.54) is 12.8 Å². The summed E-state index contributed by atoms with van der Waals surface area (Å²) in [6.07, 6.45) is 2.38. The summed E-state index contributed by atoms with van der Waals surface area (Å²) in [6.45, 7) is 3.91. The minimum Gasteiger partial charge on any atom is -0.351 e. The second-order valence-electron chi connectivity index (χ2n) is 4.94. The second-order valence-corrected chi connectivity index (χ2v) is 5.28. The van der Waals surface area contributed by atoms with E-state index in [1.54, 1.807) is 0 Å². The molecule has 0 amide bonds. The van der Waals surface area contributed by atoms with Gasteiger partial charge in [-0.1, -0.05) is 0 Å². The van der Waals surface area contributed by atoms with Gasteiger partial charge in [0.05, 0.1) is 0 Å². The van der Waals surface area contributed by atoms with Crippen LogP contribution in [0.25, 0.3) is 0 Å². The molecule has 1 aromatic rings. The van der Waals surface area contributed by atoms with Crippen molar-refractivity contribution in [1.82, 2.24) is 19.9 Å². The lowest BCUT2D eigenvalue weighted by atomic mass is 10.3. The number of likely N-dealkylation sites (N-methyl/N-ethyl adjacent to an activating group) is 1. The molecule has 2 aliphatic rings. The summed E-state index contributed by atoms with van der Waals surface area (Å²) in [6, 6.07) is 0.517. The number of anilines is 2. The molecule has 0 aromatic carbocycles. The molecule has 1 aliphatic carbocycles. The van der Waals surface area contributed by atoms with Gasteiger partial charge in [0, 0.05) is 32.2 Å². The fourth-order valence-electron chi connectivity index (χ4n) is 1.96. The quantitative estimate of drug-likeness (QED) is 0.877. The molecule has 3 rings (SSSR count). The maximum Gasteiger partial charge on any atom is 0.231 e. The number of halogens is 1. The molecule has 7 heteroatoms. The second kappa shape index (κ2) is 4.85. The van der Waals surface area contributed by atoms with E-state index in [-0.39, 0.29) is 5.28 Å². The molecule has 1 saturated heterocycles. The van der Waals surface area contributed by atoms with Gasteiger partial charge in [-0.25, -0.2) is 0 Å². The van der Waals surface area contributed by atoms with Crippen molar-refractivity contribution in [3.05, 3.63) is 5.28 Å². The van der Waals surface area contributed by atoms with Crippen LogP contribution in [-0.2, 0) is 0 Å². The van der Waals surface area contributed by atoms with Gasteiger partial charge < -0.3 is 15.1 Å². The maximum absolute atomic E-state index is 5.96. The average Bonchev–Trinajstić information content (AvgIpc) is 3.13. The Morgan fingerprint density at radius 3 is 2.50 bits per heavy atom. The summed E-state index contributed by atoms with van der Waals surface area (Å²) < 4.78 is 0. The molecule has 1 saturated carbocycles. The highest BCUT2D eigenvalue weighted by atomic mass is 35.5. The molecule has 1 aromatic heterocycles. The van der Waals surface area contributed by atoms with Crippen molar-refractivity contribution in [2.75, 3.05) is 43.4 Å². The Balaban J connectivity index is 1.75. The zero-order valence-corrected chi connectivity index (χ0v) is 11.2. The molecule has 6 nitrogen and oxygen atoms in total. The van der Waals surface area contributed by atoms with Crippen LogP contribution in [0, 0.1) is 0 Å². The van der Waals surface area contributed by atoms with Crippen molar-refractivity contribution in [2.24, 2.45) is 0 Å². The van der Waals surface area contributed by atoms with E-state index < -0.39 is 0 Å². The van der Waals surface area contributed by atoms with Gasteiger partial charge in [-0.2, -0.15) is 15.0 Å². The minimum atomic E-state index is 0.266. The number of hydrogen-bond donors (Lipinski definition) is 1. The van der Waals surface area contributed by atoms with E-state index in [0.29, 0.717) is 17.9 Å². The fraction of sp³-hybridized carbons (Fsp3) is 0.727. The molecule has 1 aliphatic heterocycles. The first-order valence-electron chi connectivity index (χ1n) is 6.32. The van der Waals surface area contributed by atoms with Crippen LogP contribution in [0.1, 0.15) is 12.8 Å². The van der Waals surface area contributed by atoms with Gasteiger partial charge in [0.15, 0.2) is 0 Å². The molecular formula is C11H17ClN6. The van der Waals surface area contributed by atoms with Crippen molar-refractivity contribution >= 4 is 23.5 Å². The first-order valence-corrected chi connectivity index (χ1v) is 6.70. The van der Waals surface area contributed by atoms with E-state index in [2.05, 4.69) is 37.1 Å². The number of rotatable bonds is 3. The predicted octanol–water partition coefficient (Wildman–Crippen LogP) is 0.851. The van der Waals surface area contributed by atoms with Gasteiger partial charge in [0.2, 0.25) is 17.2 Å². The number of nitrogens with zero attached hydrogens (tertiary/aromatic N) is 5. The molecule has 0 spiro atoms. The predicted molar refractivity (Wildman–Crippen MR) is 71.2 cm³/mol. The van der Waals surface area contributed by atoms with Crippen molar-refractivity contribution in [2.45, 2.75) is 18.9 Å². The lowest BCUT2D eigenvalue weighted by molar-refractivity contribution is 0.311. The van der Waals surface area contributed by atoms with E-state index in [4.69, 9.17) is 11.6 Å². The average molecular weight is 269 g/mol. The minimum absolute atomic E-state index is 0.266. The van der Waals surface area contributed by atoms with Gasteiger partial charge in [0.1, 0.15) is 0 Å². The Kier molecular flexibility index (Phi) is 3.22. The van der Waals surface area contributed by atoms with E-state index in [0.717, 1.165) is 26.2 Å². The van der Waals surface area contributed by atoms with Crippen LogP contribution in [0.3, 0.4) is 0 Å². The van der Waals surface area contributed by atoms with Crippen LogP contribution in [0.4, 0.5) is 11.9 Å². The van der Waals surface area contributed by atoms with Crippen LogP contribution < -0.4 is 10.2 Å². The Hall–Kier alpha value is -1.14. The van der Waals surface area contributed by atoms with E-state index in [1.807, 2.05) is 0 Å². The summed E-state index contributed by atoms with van der Waals surface area (Å²) in [5, 5.41) is 3.53. The number of hydrogen-bond acceptors (Lipinski definition) is 6. The highest BCUT2D eigenvalue weighted by Gasteiger charge is 2.23. The van der Waals surface area contributed by atoms with Crippen LogP contribution in [-0.4, -0.2) is 59.1 Å². The van der Waals surface area contributed by atoms with Gasteiger partial charge in [-0.15, -0.1) is 0 Å². The first kappa shape index (κ1) is 11.9. The Morgan fingerprint density at radius 2 is 1.83 bits per heavy atom. The van der Waals surface area contributed by atoms with Gasteiger partial charge in [-0.05, 0) is 31.5 Å². The van der Waals surface area contributed by atoms with Crippen LogP contribution >= 0.6 is 11.6 Å². The van der Waals surface area contributed by atoms with E-state index >= 15 is 0 Å². The molecule has 2 fully saturated rings. The van der Waals surface area contributed by atoms with Gasteiger partial charge in [-0.3, -0.25) is 0 Å². The lowest BCUT2D eigenvalue weighted by Crippen LogP contribution is -2.45. The molecular weight excluding hydrogens is 252 g/mol. The molecule has 0 unspecified atom stereocenters. The van der Waals surface area contributed by atoms with Crippen molar-refractivity contribution in [3.63, 3.8) is 0 Å². The largest absolute Gasteiger partial charge is 0.351 e. The van der Waals surface area contributed by atoms with Crippen molar-refractivity contribution in [3.8, 4) is 0 Å². The zero-order valence-electron chi connectivity index (χ0n) is 10.4. The summed E-state index contributed by atoms with van der Waals surface area (Å²) in [4.78, 5) is 17.2. The van der Waals surface area contributed by atoms with Crippen LogP contribution in [0.15, 0.2) is 0 Å². The summed E-state index contributed by atoms with van der Waals surface area (Å²) >= 11 is 5.96. The molecule has 2 heterocycles. The topological polar surface area (TPSA) is 57.2 Å². The normalized spacial score (nSPS) is 21.1. The fourth-order valence-corrected chi connectivity index (χ4v) is 2.12. The highest BCUT2D eigenvalue weighted by Crippen LogP contribution is 2.24. The molecule has 0 atom stereocenters. The summed E-state index contributed by atoms with van der Waals surface area (Å²) in [5.41, 5.74) is 0. The number of nitrogens with one attached hydrogen (secondary N) is 1. The Bertz CT molecular complexity index is 428. The first-order chi connectivity index (χ1) is 8.70. The molecule has 0 radical (unpaired) electrons. The van der Waals surface area contributed by atoms with E-state index in [9.17, 15) is 0 Å². The standard InChI is InChI=1S/C11H17ClN6/c1-17-4-6-18(7-5-17)11-15-9(12)14-10(16-11)13-8-2-3-8/h8H,2-7H2,1H3,(H,13,14,15,16).